The summed E-state index contributed by atoms with van der Waals surface area (Å²) in [6, 6.07) is 10.7. The van der Waals surface area contributed by atoms with Gasteiger partial charge in [-0.25, -0.2) is 0 Å². The number of hydrogen-bond donors (Lipinski definition) is 1. The van der Waals surface area contributed by atoms with Gasteiger partial charge >= 0.3 is 0 Å². The zero-order chi connectivity index (χ0) is 19.8. The van der Waals surface area contributed by atoms with Crippen molar-refractivity contribution in [3.63, 3.8) is 0 Å². The lowest BCUT2D eigenvalue weighted by molar-refractivity contribution is -0.0807. The first-order valence-corrected chi connectivity index (χ1v) is 11.2. The number of benzene rings is 1. The van der Waals surface area contributed by atoms with E-state index >= 15 is 0 Å². The number of ether oxygens (including phenoxy) is 1. The Bertz CT molecular complexity index is 641. The molecule has 2 aliphatic carbocycles. The SMILES string of the molecule is CC1(C)[C@H]2CC[C@]1(C)[C@H](OC[C@H](O)CN1CCN(Cc3ccccc3)CC1)C2. The fourth-order valence-electron chi connectivity index (χ4n) is 5.93. The molecule has 28 heavy (non-hydrogen) atoms. The number of nitrogens with zero attached hydrogens (tertiary/aromatic N) is 2. The zero-order valence-electron chi connectivity index (χ0n) is 17.9. The summed E-state index contributed by atoms with van der Waals surface area (Å²) in [5, 5.41) is 10.6. The second-order valence-electron chi connectivity index (χ2n) is 10.1. The van der Waals surface area contributed by atoms with Gasteiger partial charge in [-0.05, 0) is 41.6 Å². The Labute approximate surface area is 170 Å². The molecule has 2 saturated carbocycles. The van der Waals surface area contributed by atoms with E-state index in [0.29, 0.717) is 18.1 Å². The van der Waals surface area contributed by atoms with Gasteiger partial charge in [-0.1, -0.05) is 51.1 Å². The van der Waals surface area contributed by atoms with Crippen LogP contribution in [0.15, 0.2) is 30.3 Å². The standard InChI is InChI=1S/C24H38N2O2/c1-23(2)20-9-10-24(23,3)22(15-20)28-18-21(27)17-26-13-11-25(12-14-26)16-19-7-5-4-6-8-19/h4-8,20-22,27H,9-18H2,1-3H3/t20-,21+,22+,24+/m0/s1. The van der Waals surface area contributed by atoms with E-state index in [1.807, 2.05) is 0 Å². The van der Waals surface area contributed by atoms with Crippen molar-refractivity contribution in [3.8, 4) is 0 Å². The third kappa shape index (κ3) is 3.89. The first-order chi connectivity index (χ1) is 13.4. The Balaban J connectivity index is 1.18. The van der Waals surface area contributed by atoms with Gasteiger partial charge in [0.15, 0.2) is 0 Å². The quantitative estimate of drug-likeness (QED) is 0.779. The van der Waals surface area contributed by atoms with Crippen molar-refractivity contribution in [1.29, 1.82) is 0 Å². The molecule has 0 aromatic heterocycles. The number of rotatable bonds is 7. The summed E-state index contributed by atoms with van der Waals surface area (Å²) in [6.45, 7) is 13.7. The summed E-state index contributed by atoms with van der Waals surface area (Å²) in [6.07, 6.45) is 3.73. The molecule has 4 atom stereocenters. The predicted molar refractivity (Wildman–Crippen MR) is 113 cm³/mol. The van der Waals surface area contributed by atoms with E-state index in [4.69, 9.17) is 4.74 Å². The fourth-order valence-corrected chi connectivity index (χ4v) is 5.93. The van der Waals surface area contributed by atoms with Crippen LogP contribution in [0.25, 0.3) is 0 Å². The highest BCUT2D eigenvalue weighted by Crippen LogP contribution is 2.66. The third-order valence-electron chi connectivity index (χ3n) is 8.39. The summed E-state index contributed by atoms with van der Waals surface area (Å²) < 4.78 is 6.29. The highest BCUT2D eigenvalue weighted by Gasteiger charge is 2.61. The van der Waals surface area contributed by atoms with Gasteiger partial charge in [-0.3, -0.25) is 9.80 Å². The maximum Gasteiger partial charge on any atom is 0.0900 e. The molecule has 4 nitrogen and oxygen atoms in total. The zero-order valence-corrected chi connectivity index (χ0v) is 17.9. The third-order valence-corrected chi connectivity index (χ3v) is 8.39. The lowest BCUT2D eigenvalue weighted by atomic mass is 9.70. The number of β-amino-alcohol motifs (C(OH)–C–C–N with tert-alkyl or cyclic N) is 1. The molecule has 1 heterocycles. The van der Waals surface area contributed by atoms with E-state index in [1.54, 1.807) is 0 Å². The highest BCUT2D eigenvalue weighted by molar-refractivity contribution is 5.14. The van der Waals surface area contributed by atoms with Crippen LogP contribution in [-0.2, 0) is 11.3 Å². The van der Waals surface area contributed by atoms with Gasteiger partial charge in [-0.15, -0.1) is 0 Å². The molecule has 3 fully saturated rings. The predicted octanol–water partition coefficient (Wildman–Crippen LogP) is 3.40. The van der Waals surface area contributed by atoms with Crippen molar-refractivity contribution in [3.05, 3.63) is 35.9 Å². The Morgan fingerprint density at radius 1 is 1.07 bits per heavy atom. The van der Waals surface area contributed by atoms with Gasteiger partial charge in [0.2, 0.25) is 0 Å². The molecule has 156 valence electrons. The van der Waals surface area contributed by atoms with E-state index in [2.05, 4.69) is 60.9 Å². The molecule has 1 N–H and O–H groups in total. The number of aliphatic hydroxyl groups excluding tert-OH is 1. The molecular weight excluding hydrogens is 348 g/mol. The van der Waals surface area contributed by atoms with Crippen LogP contribution in [0.2, 0.25) is 0 Å². The van der Waals surface area contributed by atoms with Gasteiger partial charge in [0, 0.05) is 39.3 Å². The van der Waals surface area contributed by atoms with Crippen LogP contribution in [0.4, 0.5) is 0 Å². The van der Waals surface area contributed by atoms with E-state index < -0.39 is 0 Å². The molecule has 0 radical (unpaired) electrons. The second kappa shape index (κ2) is 8.06. The van der Waals surface area contributed by atoms with Crippen molar-refractivity contribution >= 4 is 0 Å². The minimum absolute atomic E-state index is 0.278. The smallest absolute Gasteiger partial charge is 0.0900 e. The Morgan fingerprint density at radius 3 is 2.36 bits per heavy atom. The topological polar surface area (TPSA) is 35.9 Å². The fraction of sp³-hybridized carbons (Fsp3) is 0.750. The second-order valence-corrected chi connectivity index (χ2v) is 10.1. The Morgan fingerprint density at radius 2 is 1.75 bits per heavy atom. The number of fused-ring (bicyclic) bond motifs is 2. The first kappa shape index (κ1) is 20.3. The van der Waals surface area contributed by atoms with Crippen molar-refractivity contribution < 1.29 is 9.84 Å². The van der Waals surface area contributed by atoms with Gasteiger partial charge in [0.1, 0.15) is 0 Å². The van der Waals surface area contributed by atoms with Crippen molar-refractivity contribution in [1.82, 2.24) is 9.80 Å². The van der Waals surface area contributed by atoms with E-state index in [9.17, 15) is 5.11 Å². The van der Waals surface area contributed by atoms with Crippen LogP contribution >= 0.6 is 0 Å². The Kier molecular flexibility index (Phi) is 5.85. The summed E-state index contributed by atoms with van der Waals surface area (Å²) in [4.78, 5) is 4.90. The van der Waals surface area contributed by atoms with Crippen LogP contribution in [0.5, 0.6) is 0 Å². The number of piperazine rings is 1. The first-order valence-electron chi connectivity index (χ1n) is 11.2. The van der Waals surface area contributed by atoms with Gasteiger partial charge < -0.3 is 9.84 Å². The number of hydrogen-bond acceptors (Lipinski definition) is 4. The van der Waals surface area contributed by atoms with Crippen LogP contribution in [-0.4, -0.2) is 66.4 Å². The molecular formula is C24H38N2O2. The van der Waals surface area contributed by atoms with E-state index in [1.165, 1.54) is 24.8 Å². The monoisotopic (exact) mass is 386 g/mol. The van der Waals surface area contributed by atoms with Crippen molar-refractivity contribution in [2.24, 2.45) is 16.7 Å². The lowest BCUT2D eigenvalue weighted by Gasteiger charge is -2.39. The van der Waals surface area contributed by atoms with Crippen LogP contribution in [0.1, 0.15) is 45.6 Å². The minimum atomic E-state index is -0.383. The van der Waals surface area contributed by atoms with Gasteiger partial charge in [0.05, 0.1) is 18.8 Å². The maximum absolute atomic E-state index is 10.6. The summed E-state index contributed by atoms with van der Waals surface area (Å²) in [7, 11) is 0. The molecule has 3 aliphatic rings. The molecule has 1 saturated heterocycles. The average Bonchev–Trinajstić information content (AvgIpc) is 3.02. The normalized spacial score (nSPS) is 34.0. The summed E-state index contributed by atoms with van der Waals surface area (Å²) in [5.74, 6) is 0.789. The summed E-state index contributed by atoms with van der Waals surface area (Å²) in [5.41, 5.74) is 2.03. The minimum Gasteiger partial charge on any atom is -0.389 e. The molecule has 1 aliphatic heterocycles. The van der Waals surface area contributed by atoms with Crippen LogP contribution < -0.4 is 0 Å². The van der Waals surface area contributed by atoms with Crippen molar-refractivity contribution in [2.45, 2.75) is 58.8 Å². The molecule has 4 rings (SSSR count). The molecule has 2 bridgehead atoms. The van der Waals surface area contributed by atoms with Crippen LogP contribution in [0.3, 0.4) is 0 Å². The molecule has 1 aromatic carbocycles. The highest BCUT2D eigenvalue weighted by atomic mass is 16.5. The van der Waals surface area contributed by atoms with Gasteiger partial charge in [-0.2, -0.15) is 0 Å². The van der Waals surface area contributed by atoms with E-state index in [0.717, 1.165) is 45.2 Å². The molecule has 0 unspecified atom stereocenters. The van der Waals surface area contributed by atoms with Crippen LogP contribution in [0, 0.1) is 16.7 Å². The van der Waals surface area contributed by atoms with E-state index in [-0.39, 0.29) is 11.5 Å². The molecule has 4 heteroatoms. The van der Waals surface area contributed by atoms with Crippen molar-refractivity contribution in [2.75, 3.05) is 39.3 Å². The number of aliphatic hydroxyl groups is 1. The molecule has 0 spiro atoms. The molecule has 1 aromatic rings. The average molecular weight is 387 g/mol. The largest absolute Gasteiger partial charge is 0.389 e. The lowest BCUT2D eigenvalue weighted by Crippen LogP contribution is -2.49. The maximum atomic E-state index is 10.6. The summed E-state index contributed by atoms with van der Waals surface area (Å²) >= 11 is 0. The van der Waals surface area contributed by atoms with Gasteiger partial charge in [0.25, 0.3) is 0 Å². The molecule has 0 amide bonds. The Hall–Kier alpha value is -0.940.